The Labute approximate surface area is 318 Å². The van der Waals surface area contributed by atoms with Crippen LogP contribution in [0.1, 0.15) is 86.8 Å². The highest BCUT2D eigenvalue weighted by Gasteiger charge is 2.52. The lowest BCUT2D eigenvalue weighted by atomic mass is 9.79. The summed E-state index contributed by atoms with van der Waals surface area (Å²) in [5.41, 5.74) is 5.25. The number of aryl methyl sites for hydroxylation is 2. The smallest absolute Gasteiger partial charge is 0.226 e. The van der Waals surface area contributed by atoms with Crippen LogP contribution in [0.2, 0.25) is 10.0 Å². The van der Waals surface area contributed by atoms with Crippen LogP contribution in [0.4, 0.5) is 4.39 Å². The van der Waals surface area contributed by atoms with Gasteiger partial charge in [0.2, 0.25) is 5.91 Å². The molecule has 1 amide bonds. The van der Waals surface area contributed by atoms with Crippen molar-refractivity contribution in [1.29, 1.82) is 5.26 Å². The molecule has 0 spiro atoms. The standard InChI is InChI=1S/C42H41Cl2FN6O2/c1-21-28-18-33(34-19-35(22(2)50(34)42(52)24-12-13-24)53-23(3)31-11-4-5-15-47-31)51(40-26-17-32(40)48-20-26)41(28)29-16-25(8-7-14-46)36(38(45)39(29)49-21)27-9-6-10-30(43)37(27)44/h4-6,9-11,15-16,18,22-24,26,32,34-35,40,48H,7-8,12-13,17,19-20H2,1-3H3/t22-,23+,26-,32-,34-,35+,40+/m1/s1. The number of halogens is 3. The van der Waals surface area contributed by atoms with E-state index >= 15 is 4.39 Å². The minimum absolute atomic E-state index is 0.0315. The van der Waals surface area contributed by atoms with Gasteiger partial charge in [0.1, 0.15) is 5.52 Å². The van der Waals surface area contributed by atoms with E-state index in [-0.39, 0.29) is 65.2 Å². The molecule has 2 saturated carbocycles. The third-order valence-corrected chi connectivity index (χ3v) is 13.0. The molecule has 3 aliphatic heterocycles. The normalized spacial score (nSPS) is 25.6. The van der Waals surface area contributed by atoms with Crippen LogP contribution >= 0.6 is 23.2 Å². The van der Waals surface area contributed by atoms with Crippen LogP contribution in [-0.2, 0) is 16.0 Å². The number of benzene rings is 2. The number of carbonyl (C=O) groups is 1. The van der Waals surface area contributed by atoms with Gasteiger partial charge in [-0.2, -0.15) is 5.26 Å². The second-order valence-corrected chi connectivity index (χ2v) is 16.1. The quantitative estimate of drug-likeness (QED) is 0.161. The Morgan fingerprint density at radius 1 is 1.15 bits per heavy atom. The Hall–Kier alpha value is -4.07. The third kappa shape index (κ3) is 5.64. The first-order valence-corrected chi connectivity index (χ1v) is 19.5. The van der Waals surface area contributed by atoms with Crippen LogP contribution in [0, 0.1) is 35.9 Å². The van der Waals surface area contributed by atoms with Crippen molar-refractivity contribution in [2.24, 2.45) is 11.8 Å². The molecule has 5 aliphatic rings. The number of nitrogens with zero attached hydrogens (tertiary/aromatic N) is 5. The summed E-state index contributed by atoms with van der Waals surface area (Å²) in [5.74, 6) is 0.140. The second-order valence-electron chi connectivity index (χ2n) is 15.4. The van der Waals surface area contributed by atoms with E-state index in [4.69, 9.17) is 32.9 Å². The fraction of sp³-hybridized carbons (Fsp3) is 0.429. The second kappa shape index (κ2) is 13.3. The monoisotopic (exact) mass is 750 g/mol. The minimum atomic E-state index is -0.481. The molecule has 5 aromatic rings. The average Bonchev–Trinajstić information content (AvgIpc) is 3.41. The van der Waals surface area contributed by atoms with Crippen molar-refractivity contribution in [3.05, 3.63) is 93.2 Å². The van der Waals surface area contributed by atoms with E-state index in [1.807, 2.05) is 38.1 Å². The van der Waals surface area contributed by atoms with Gasteiger partial charge in [0.05, 0.1) is 57.7 Å². The van der Waals surface area contributed by atoms with E-state index < -0.39 is 5.82 Å². The lowest BCUT2D eigenvalue weighted by Crippen LogP contribution is -2.43. The zero-order valence-electron chi connectivity index (χ0n) is 30.0. The maximum Gasteiger partial charge on any atom is 0.226 e. The highest BCUT2D eigenvalue weighted by atomic mass is 35.5. The Morgan fingerprint density at radius 2 is 1.98 bits per heavy atom. The van der Waals surface area contributed by atoms with Gasteiger partial charge >= 0.3 is 0 Å². The van der Waals surface area contributed by atoms with E-state index in [1.165, 1.54) is 0 Å². The first-order valence-electron chi connectivity index (χ1n) is 18.8. The van der Waals surface area contributed by atoms with Gasteiger partial charge in [-0.05, 0) is 88.3 Å². The molecule has 272 valence electrons. The molecule has 11 heteroatoms. The number of aromatic nitrogens is 3. The van der Waals surface area contributed by atoms with Gasteiger partial charge in [-0.25, -0.2) is 9.37 Å². The molecule has 6 heterocycles. The number of amides is 1. The fourth-order valence-electron chi connectivity index (χ4n) is 9.37. The van der Waals surface area contributed by atoms with E-state index in [0.29, 0.717) is 51.6 Å². The topological polar surface area (TPSA) is 96.1 Å². The van der Waals surface area contributed by atoms with Crippen molar-refractivity contribution in [3.63, 3.8) is 0 Å². The maximum atomic E-state index is 17.2. The molecule has 5 fully saturated rings. The third-order valence-electron chi connectivity index (χ3n) is 12.2. The lowest BCUT2D eigenvalue weighted by Gasteiger charge is -2.39. The van der Waals surface area contributed by atoms with E-state index in [0.717, 1.165) is 48.1 Å². The number of fused-ring (bicyclic) bond motifs is 4. The van der Waals surface area contributed by atoms with Gasteiger partial charge in [-0.1, -0.05) is 41.4 Å². The lowest BCUT2D eigenvalue weighted by molar-refractivity contribution is -0.137. The van der Waals surface area contributed by atoms with Gasteiger partial charge in [0.15, 0.2) is 5.82 Å². The molecular weight excluding hydrogens is 710 g/mol. The number of nitrogens with one attached hydrogen (secondary N) is 1. The Morgan fingerprint density at radius 3 is 2.68 bits per heavy atom. The Kier molecular flexibility index (Phi) is 8.73. The van der Waals surface area contributed by atoms with Crippen LogP contribution in [0.15, 0.2) is 54.7 Å². The number of hydrogen-bond acceptors (Lipinski definition) is 6. The van der Waals surface area contributed by atoms with Crippen LogP contribution < -0.4 is 5.32 Å². The maximum absolute atomic E-state index is 17.2. The SMILES string of the molecule is Cc1nc2c(F)c(-c3cccc(Cl)c3Cl)c(CCC#N)cc2c2c1cc([C@H]1C[C@H](O[C@@H](C)c3ccccn3)[C@@H](C)N1C(=O)C1CC1)n2[C@H]1[C@H]2CN[C@@H]1C2. The predicted molar refractivity (Wildman–Crippen MR) is 204 cm³/mol. The Bertz CT molecular complexity index is 2310. The summed E-state index contributed by atoms with van der Waals surface area (Å²) in [6.45, 7) is 6.98. The summed E-state index contributed by atoms with van der Waals surface area (Å²) in [6.07, 6.45) is 5.37. The molecule has 0 radical (unpaired) electrons. The van der Waals surface area contributed by atoms with Gasteiger partial charge in [-0.3, -0.25) is 9.78 Å². The molecule has 2 aliphatic carbocycles. The average molecular weight is 752 g/mol. The molecule has 1 N–H and O–H groups in total. The number of likely N-dealkylation sites (tertiary alicyclic amines) is 1. The molecule has 0 unspecified atom stereocenters. The number of hydrogen-bond donors (Lipinski definition) is 1. The van der Waals surface area contributed by atoms with Gasteiger partial charge in [0.25, 0.3) is 0 Å². The number of ether oxygens (including phenoxy) is 1. The molecular formula is C42H41Cl2FN6O2. The van der Waals surface area contributed by atoms with Crippen molar-refractivity contribution < 1.29 is 13.9 Å². The molecule has 3 saturated heterocycles. The number of nitriles is 1. The van der Waals surface area contributed by atoms with Crippen LogP contribution in [0.25, 0.3) is 32.9 Å². The first kappa shape index (κ1) is 34.7. The largest absolute Gasteiger partial charge is 0.367 e. The number of pyridine rings is 2. The zero-order valence-corrected chi connectivity index (χ0v) is 31.5. The predicted octanol–water partition coefficient (Wildman–Crippen LogP) is 9.21. The number of carbonyl (C=O) groups excluding carboxylic acids is 1. The highest BCUT2D eigenvalue weighted by Crippen LogP contribution is 2.52. The molecule has 3 aromatic heterocycles. The molecule has 7 atom stereocenters. The van der Waals surface area contributed by atoms with Crippen LogP contribution in [0.5, 0.6) is 0 Å². The number of rotatable bonds is 9. The minimum Gasteiger partial charge on any atom is -0.367 e. The van der Waals surface area contributed by atoms with Gasteiger partial charge in [-0.15, -0.1) is 0 Å². The van der Waals surface area contributed by atoms with Gasteiger partial charge < -0.3 is 19.5 Å². The van der Waals surface area contributed by atoms with Crippen LogP contribution in [0.3, 0.4) is 0 Å². The molecule has 53 heavy (non-hydrogen) atoms. The molecule has 2 aromatic carbocycles. The van der Waals surface area contributed by atoms with Crippen molar-refractivity contribution in [2.75, 3.05) is 6.54 Å². The van der Waals surface area contributed by atoms with E-state index in [2.05, 4.69) is 38.8 Å². The summed E-state index contributed by atoms with van der Waals surface area (Å²) in [7, 11) is 0. The van der Waals surface area contributed by atoms with Crippen molar-refractivity contribution in [3.8, 4) is 17.2 Å². The molecule has 8 nitrogen and oxygen atoms in total. The summed E-state index contributed by atoms with van der Waals surface area (Å²) in [4.78, 5) is 25.8. The summed E-state index contributed by atoms with van der Waals surface area (Å²) < 4.78 is 26.4. The molecule has 10 rings (SSSR count). The Balaban J connectivity index is 1.25. The highest BCUT2D eigenvalue weighted by molar-refractivity contribution is 6.43. The summed E-state index contributed by atoms with van der Waals surface area (Å²) in [6, 6.07) is 17.5. The summed E-state index contributed by atoms with van der Waals surface area (Å²) in [5, 5.41) is 15.6. The molecule has 2 bridgehead atoms. The van der Waals surface area contributed by atoms with E-state index in [9.17, 15) is 10.1 Å². The summed E-state index contributed by atoms with van der Waals surface area (Å²) >= 11 is 13.1. The fourth-order valence-corrected chi connectivity index (χ4v) is 9.76. The van der Waals surface area contributed by atoms with Crippen molar-refractivity contribution in [2.45, 2.75) is 95.7 Å². The van der Waals surface area contributed by atoms with E-state index in [1.54, 1.807) is 24.4 Å². The van der Waals surface area contributed by atoms with Crippen LogP contribution in [-0.4, -0.2) is 50.1 Å². The van der Waals surface area contributed by atoms with Gasteiger partial charge in [0, 0.05) is 70.8 Å². The zero-order chi connectivity index (χ0) is 36.7. The first-order chi connectivity index (χ1) is 25.7. The van der Waals surface area contributed by atoms with Crippen molar-refractivity contribution >= 4 is 50.9 Å². The van der Waals surface area contributed by atoms with Crippen molar-refractivity contribution in [1.82, 2.24) is 24.8 Å².